The van der Waals surface area contributed by atoms with Gasteiger partial charge in [-0.1, -0.05) is 0 Å². The molecule has 0 bridgehead atoms. The second kappa shape index (κ2) is 5.03. The van der Waals surface area contributed by atoms with Gasteiger partial charge in [0.2, 0.25) is 11.8 Å². The number of benzene rings is 1. The summed E-state index contributed by atoms with van der Waals surface area (Å²) in [5, 5.41) is 8.87. The van der Waals surface area contributed by atoms with E-state index in [0.29, 0.717) is 18.5 Å². The van der Waals surface area contributed by atoms with E-state index in [4.69, 9.17) is 5.73 Å². The number of piperidine rings is 1. The first kappa shape index (κ1) is 12.8. The van der Waals surface area contributed by atoms with Crippen LogP contribution in [-0.2, 0) is 16.0 Å². The van der Waals surface area contributed by atoms with Crippen molar-refractivity contribution in [3.63, 3.8) is 0 Å². The van der Waals surface area contributed by atoms with Gasteiger partial charge in [0.25, 0.3) is 0 Å². The van der Waals surface area contributed by atoms with Crippen molar-refractivity contribution in [1.82, 2.24) is 5.32 Å². The van der Waals surface area contributed by atoms with Gasteiger partial charge in [-0.15, -0.1) is 0 Å². The van der Waals surface area contributed by atoms with E-state index < -0.39 is 0 Å². The molecule has 0 aromatic heterocycles. The molecule has 0 saturated carbocycles. The Labute approximate surface area is 117 Å². The Morgan fingerprint density at radius 1 is 1.25 bits per heavy atom. The molecule has 5 N–H and O–H groups in total. The van der Waals surface area contributed by atoms with Crippen LogP contribution in [0.5, 0.6) is 0 Å². The molecule has 20 heavy (non-hydrogen) atoms. The van der Waals surface area contributed by atoms with Crippen molar-refractivity contribution >= 4 is 28.9 Å². The first-order valence-corrected chi connectivity index (χ1v) is 6.90. The van der Waals surface area contributed by atoms with Gasteiger partial charge in [0.1, 0.15) is 6.04 Å². The van der Waals surface area contributed by atoms with Gasteiger partial charge in [0.05, 0.1) is 11.4 Å². The number of aryl methyl sites for hydroxylation is 1. The third kappa shape index (κ3) is 2.41. The lowest BCUT2D eigenvalue weighted by Gasteiger charge is -2.26. The Morgan fingerprint density at radius 3 is 2.90 bits per heavy atom. The van der Waals surface area contributed by atoms with Crippen LogP contribution in [0.3, 0.4) is 0 Å². The first-order chi connectivity index (χ1) is 9.63. The molecule has 0 aliphatic carbocycles. The second-order valence-corrected chi connectivity index (χ2v) is 5.27. The fraction of sp³-hybridized carbons (Fsp3) is 0.429. The molecule has 1 aromatic carbocycles. The van der Waals surface area contributed by atoms with Crippen molar-refractivity contribution in [3.8, 4) is 0 Å². The van der Waals surface area contributed by atoms with Crippen molar-refractivity contribution in [2.45, 2.75) is 31.7 Å². The Morgan fingerprint density at radius 2 is 2.10 bits per heavy atom. The molecule has 2 amide bonds. The number of hydrogen-bond donors (Lipinski definition) is 4. The minimum absolute atomic E-state index is 0.0154. The highest BCUT2D eigenvalue weighted by Gasteiger charge is 2.23. The number of carbonyl (C=O) groups is 2. The number of nitrogens with one attached hydrogen (secondary N) is 3. The monoisotopic (exact) mass is 274 g/mol. The average molecular weight is 274 g/mol. The van der Waals surface area contributed by atoms with Crippen LogP contribution < -0.4 is 21.7 Å². The van der Waals surface area contributed by atoms with Crippen LogP contribution in [0.4, 0.5) is 17.1 Å². The summed E-state index contributed by atoms with van der Waals surface area (Å²) in [4.78, 5) is 23.1. The molecular formula is C14H18N4O2. The summed E-state index contributed by atoms with van der Waals surface area (Å²) >= 11 is 0. The molecule has 6 heteroatoms. The smallest absolute Gasteiger partial charge is 0.242 e. The van der Waals surface area contributed by atoms with Crippen LogP contribution in [0, 0.1) is 0 Å². The van der Waals surface area contributed by atoms with Crippen LogP contribution in [-0.4, -0.2) is 24.4 Å². The highest BCUT2D eigenvalue weighted by molar-refractivity contribution is 5.96. The molecule has 3 rings (SSSR count). The standard InChI is InChI=1S/C14H18N4O2/c15-9-7-11-8(3-4-13(19)18-11)6-12(9)17-10-2-1-5-16-14(10)20/h6-7,10,17H,1-5,15H2,(H,16,20)(H,18,19). The number of nitrogen functional groups attached to an aromatic ring is 1. The van der Waals surface area contributed by atoms with Gasteiger partial charge in [-0.05, 0) is 37.0 Å². The minimum Gasteiger partial charge on any atom is -0.397 e. The van der Waals surface area contributed by atoms with E-state index in [0.717, 1.165) is 36.3 Å². The zero-order chi connectivity index (χ0) is 14.1. The Bertz CT molecular complexity index is 571. The van der Waals surface area contributed by atoms with Gasteiger partial charge in [0.15, 0.2) is 0 Å². The lowest BCUT2D eigenvalue weighted by Crippen LogP contribution is -2.44. The van der Waals surface area contributed by atoms with Crippen LogP contribution in [0.15, 0.2) is 12.1 Å². The van der Waals surface area contributed by atoms with E-state index in [1.807, 2.05) is 6.07 Å². The minimum atomic E-state index is -0.234. The SMILES string of the molecule is Nc1cc2c(cc1NC1CCCNC1=O)CCC(=O)N2. The van der Waals surface area contributed by atoms with Crippen LogP contribution in [0.1, 0.15) is 24.8 Å². The lowest BCUT2D eigenvalue weighted by atomic mass is 10.0. The van der Waals surface area contributed by atoms with E-state index in [-0.39, 0.29) is 17.9 Å². The van der Waals surface area contributed by atoms with Crippen molar-refractivity contribution in [3.05, 3.63) is 17.7 Å². The van der Waals surface area contributed by atoms with E-state index in [2.05, 4.69) is 16.0 Å². The maximum absolute atomic E-state index is 11.8. The second-order valence-electron chi connectivity index (χ2n) is 5.27. The highest BCUT2D eigenvalue weighted by atomic mass is 16.2. The fourth-order valence-corrected chi connectivity index (χ4v) is 2.67. The van der Waals surface area contributed by atoms with Crippen molar-refractivity contribution in [1.29, 1.82) is 0 Å². The average Bonchev–Trinajstić information content (AvgIpc) is 2.42. The molecule has 1 aromatic rings. The van der Waals surface area contributed by atoms with E-state index in [1.165, 1.54) is 0 Å². The molecule has 1 saturated heterocycles. The predicted octanol–water partition coefficient (Wildman–Crippen LogP) is 0.844. The Kier molecular flexibility index (Phi) is 3.22. The third-order valence-electron chi connectivity index (χ3n) is 3.79. The molecule has 6 nitrogen and oxygen atoms in total. The van der Waals surface area contributed by atoms with Crippen LogP contribution in [0.2, 0.25) is 0 Å². The van der Waals surface area contributed by atoms with Crippen molar-refractivity contribution in [2.75, 3.05) is 22.9 Å². The number of rotatable bonds is 2. The number of nitrogens with two attached hydrogens (primary N) is 1. The lowest BCUT2D eigenvalue weighted by molar-refractivity contribution is -0.123. The molecule has 0 spiro atoms. The fourth-order valence-electron chi connectivity index (χ4n) is 2.67. The largest absolute Gasteiger partial charge is 0.397 e. The van der Waals surface area contributed by atoms with E-state index in [9.17, 15) is 9.59 Å². The number of anilines is 3. The number of hydrogen-bond acceptors (Lipinski definition) is 4. The molecule has 1 unspecified atom stereocenters. The Hall–Kier alpha value is -2.24. The van der Waals surface area contributed by atoms with Gasteiger partial charge in [0, 0.05) is 18.7 Å². The summed E-state index contributed by atoms with van der Waals surface area (Å²) in [6.45, 7) is 0.739. The van der Waals surface area contributed by atoms with Gasteiger partial charge in [-0.2, -0.15) is 0 Å². The van der Waals surface area contributed by atoms with E-state index >= 15 is 0 Å². The molecule has 1 fully saturated rings. The zero-order valence-electron chi connectivity index (χ0n) is 11.2. The van der Waals surface area contributed by atoms with Gasteiger partial charge in [-0.3, -0.25) is 9.59 Å². The van der Waals surface area contributed by atoms with E-state index in [1.54, 1.807) is 6.07 Å². The third-order valence-corrected chi connectivity index (χ3v) is 3.79. The first-order valence-electron chi connectivity index (χ1n) is 6.90. The summed E-state index contributed by atoms with van der Waals surface area (Å²) < 4.78 is 0. The highest BCUT2D eigenvalue weighted by Crippen LogP contribution is 2.31. The van der Waals surface area contributed by atoms with Crippen molar-refractivity contribution in [2.24, 2.45) is 0 Å². The molecular weight excluding hydrogens is 256 g/mol. The summed E-state index contributed by atoms with van der Waals surface area (Å²) in [5.41, 5.74) is 9.15. The van der Waals surface area contributed by atoms with Crippen molar-refractivity contribution < 1.29 is 9.59 Å². The summed E-state index contributed by atoms with van der Waals surface area (Å²) in [7, 11) is 0. The van der Waals surface area contributed by atoms with Gasteiger partial charge in [-0.25, -0.2) is 0 Å². The molecule has 2 aliphatic heterocycles. The molecule has 0 radical (unpaired) electrons. The molecule has 1 atom stereocenters. The summed E-state index contributed by atoms with van der Waals surface area (Å²) in [6.07, 6.45) is 2.96. The number of amides is 2. The van der Waals surface area contributed by atoms with Gasteiger partial charge >= 0.3 is 0 Å². The normalized spacial score (nSPS) is 21.7. The Balaban J connectivity index is 1.83. The quantitative estimate of drug-likeness (QED) is 0.601. The maximum atomic E-state index is 11.8. The van der Waals surface area contributed by atoms with Crippen LogP contribution in [0.25, 0.3) is 0 Å². The molecule has 106 valence electrons. The molecule has 2 heterocycles. The zero-order valence-corrected chi connectivity index (χ0v) is 11.2. The number of fused-ring (bicyclic) bond motifs is 1. The molecule has 2 aliphatic rings. The predicted molar refractivity (Wildman–Crippen MR) is 77.5 cm³/mol. The number of carbonyl (C=O) groups excluding carboxylic acids is 2. The van der Waals surface area contributed by atoms with Crippen LogP contribution >= 0.6 is 0 Å². The maximum Gasteiger partial charge on any atom is 0.242 e. The summed E-state index contributed by atoms with van der Waals surface area (Å²) in [5.74, 6) is 0.0333. The van der Waals surface area contributed by atoms with Gasteiger partial charge < -0.3 is 21.7 Å². The summed E-state index contributed by atoms with van der Waals surface area (Å²) in [6, 6.07) is 3.46. The topological polar surface area (TPSA) is 96.2 Å².